The Bertz CT molecular complexity index is 1990. The van der Waals surface area contributed by atoms with Gasteiger partial charge in [0.1, 0.15) is 54.8 Å². The summed E-state index contributed by atoms with van der Waals surface area (Å²) >= 11 is 9.22. The van der Waals surface area contributed by atoms with Gasteiger partial charge < -0.3 is 51.2 Å². The third kappa shape index (κ3) is 10.9. The lowest BCUT2D eigenvalue weighted by Gasteiger charge is -2.16. The van der Waals surface area contributed by atoms with Crippen molar-refractivity contribution < 1.29 is 40.1 Å². The highest BCUT2D eigenvalue weighted by molar-refractivity contribution is 14.0. The number of rotatable bonds is 8. The minimum atomic E-state index is -1.19. The Hall–Kier alpha value is -3.04. The molecule has 2 fully saturated rings. The number of anilines is 1. The summed E-state index contributed by atoms with van der Waals surface area (Å²) in [6.45, 7) is 8.52. The summed E-state index contributed by atoms with van der Waals surface area (Å²) in [6, 6.07) is 8.04. The molecule has 8 rings (SSSR count). The van der Waals surface area contributed by atoms with Crippen LogP contribution in [-0.2, 0) is 22.6 Å². The van der Waals surface area contributed by atoms with Gasteiger partial charge in [0.25, 0.3) is 0 Å². The van der Waals surface area contributed by atoms with E-state index in [0.29, 0.717) is 41.2 Å². The van der Waals surface area contributed by atoms with Crippen LogP contribution in [0.15, 0.2) is 60.3 Å². The molecule has 56 heavy (non-hydrogen) atoms. The van der Waals surface area contributed by atoms with Crippen molar-refractivity contribution in [3.8, 4) is 0 Å². The molecular formula is C34H48ClIN10O8S2. The Balaban J connectivity index is 0.000000239. The lowest BCUT2D eigenvalue weighted by atomic mass is 10.1. The highest BCUT2D eigenvalue weighted by atomic mass is 127. The predicted molar refractivity (Wildman–Crippen MR) is 224 cm³/mol. The molecule has 2 aliphatic rings. The summed E-state index contributed by atoms with van der Waals surface area (Å²) in [5.41, 5.74) is 7.08. The largest absolute Gasteiger partial charge is 0.394 e. The van der Waals surface area contributed by atoms with Gasteiger partial charge >= 0.3 is 0 Å². The summed E-state index contributed by atoms with van der Waals surface area (Å²) in [5, 5.41) is 65.5. The molecule has 6 aromatic heterocycles. The van der Waals surface area contributed by atoms with Gasteiger partial charge in [-0.1, -0.05) is 51.4 Å². The Morgan fingerprint density at radius 3 is 1.64 bits per heavy atom. The van der Waals surface area contributed by atoms with Crippen molar-refractivity contribution in [2.75, 3.05) is 18.5 Å². The minimum absolute atomic E-state index is 0. The van der Waals surface area contributed by atoms with Crippen molar-refractivity contribution in [2.24, 2.45) is 5.73 Å². The first-order valence-electron chi connectivity index (χ1n) is 17.5. The molecule has 0 aromatic carbocycles. The van der Waals surface area contributed by atoms with Crippen LogP contribution in [0.4, 0.5) is 5.82 Å². The number of imidazole rings is 2. The number of aliphatic hydroxyl groups is 6. The third-order valence-electron chi connectivity index (χ3n) is 8.05. The molecule has 0 bridgehead atoms. The topological polar surface area (TPSA) is 265 Å². The van der Waals surface area contributed by atoms with Crippen molar-refractivity contribution in [3.05, 3.63) is 75.2 Å². The molecule has 9 N–H and O–H groups in total. The quantitative estimate of drug-likeness (QED) is 0.0805. The Labute approximate surface area is 353 Å². The van der Waals surface area contributed by atoms with Crippen LogP contribution in [0.3, 0.4) is 0 Å². The summed E-state index contributed by atoms with van der Waals surface area (Å²) in [7, 11) is 0. The van der Waals surface area contributed by atoms with Crippen LogP contribution >= 0.6 is 58.3 Å². The van der Waals surface area contributed by atoms with Gasteiger partial charge in [-0.3, -0.25) is 9.13 Å². The predicted octanol–water partition coefficient (Wildman–Crippen LogP) is 3.08. The van der Waals surface area contributed by atoms with E-state index in [-0.39, 0.29) is 35.7 Å². The van der Waals surface area contributed by atoms with Gasteiger partial charge in [-0.15, -0.1) is 46.7 Å². The second kappa shape index (κ2) is 23.4. The summed E-state index contributed by atoms with van der Waals surface area (Å²) in [5.74, 6) is 0.573. The molecule has 18 nitrogen and oxygen atoms in total. The molecule has 6 aromatic rings. The number of halogens is 2. The average molecular weight is 951 g/mol. The van der Waals surface area contributed by atoms with E-state index in [1.54, 1.807) is 22.7 Å². The second-order valence-corrected chi connectivity index (χ2v) is 13.6. The zero-order chi connectivity index (χ0) is 40.1. The normalized spacial score (nSPS) is 23.7. The molecule has 8 atom stereocenters. The first-order valence-corrected chi connectivity index (χ1v) is 19.6. The van der Waals surface area contributed by atoms with Crippen LogP contribution in [0.25, 0.3) is 22.3 Å². The van der Waals surface area contributed by atoms with Crippen LogP contribution in [0.1, 0.15) is 49.9 Å². The van der Waals surface area contributed by atoms with Crippen LogP contribution in [0.2, 0.25) is 5.15 Å². The van der Waals surface area contributed by atoms with E-state index in [1.165, 1.54) is 39.3 Å². The maximum atomic E-state index is 10.2. The molecule has 2 saturated heterocycles. The fourth-order valence-corrected chi connectivity index (χ4v) is 6.82. The average Bonchev–Trinajstić information content (AvgIpc) is 4.09. The number of aromatic nitrogens is 8. The van der Waals surface area contributed by atoms with Crippen molar-refractivity contribution in [3.63, 3.8) is 0 Å². The Kier molecular flexibility index (Phi) is 19.8. The number of ether oxygens (including phenoxy) is 2. The lowest BCUT2D eigenvalue weighted by molar-refractivity contribution is -0.0511. The summed E-state index contributed by atoms with van der Waals surface area (Å²) in [6.07, 6.45) is -2.65. The van der Waals surface area contributed by atoms with Gasteiger partial charge in [0.15, 0.2) is 40.2 Å². The number of hydrogen-bond acceptors (Lipinski definition) is 18. The van der Waals surface area contributed by atoms with Crippen molar-refractivity contribution in [2.45, 2.75) is 89.9 Å². The van der Waals surface area contributed by atoms with E-state index >= 15 is 0 Å². The molecule has 2 aliphatic heterocycles. The molecule has 0 aliphatic carbocycles. The molecule has 0 radical (unpaired) electrons. The maximum absolute atomic E-state index is 10.2. The van der Waals surface area contributed by atoms with Crippen LogP contribution in [-0.4, -0.2) is 120 Å². The second-order valence-electron chi connectivity index (χ2n) is 11.2. The molecule has 0 amide bonds. The van der Waals surface area contributed by atoms with Crippen molar-refractivity contribution in [1.29, 1.82) is 0 Å². The third-order valence-corrected chi connectivity index (χ3v) is 10.1. The van der Waals surface area contributed by atoms with Gasteiger partial charge in [0.2, 0.25) is 0 Å². The summed E-state index contributed by atoms with van der Waals surface area (Å²) < 4.78 is 13.9. The fraction of sp³-hybridized carbons (Fsp3) is 0.471. The van der Waals surface area contributed by atoms with Crippen LogP contribution in [0, 0.1) is 0 Å². The van der Waals surface area contributed by atoms with E-state index in [9.17, 15) is 25.5 Å². The van der Waals surface area contributed by atoms with Crippen LogP contribution in [0.5, 0.6) is 0 Å². The molecule has 0 saturated carbocycles. The molecule has 0 spiro atoms. The number of nitrogens with zero attached hydrogens (tertiary/aromatic N) is 8. The van der Waals surface area contributed by atoms with Crippen molar-refractivity contribution >= 4 is 86.4 Å². The van der Waals surface area contributed by atoms with Crippen LogP contribution < -0.4 is 11.1 Å². The Morgan fingerprint density at radius 2 is 1.20 bits per heavy atom. The highest BCUT2D eigenvalue weighted by Gasteiger charge is 2.45. The lowest BCUT2D eigenvalue weighted by Crippen LogP contribution is -2.33. The zero-order valence-corrected chi connectivity index (χ0v) is 35.7. The highest BCUT2D eigenvalue weighted by Crippen LogP contribution is 2.33. The minimum Gasteiger partial charge on any atom is -0.394 e. The van der Waals surface area contributed by atoms with E-state index in [0.717, 1.165) is 4.88 Å². The summed E-state index contributed by atoms with van der Waals surface area (Å²) in [4.78, 5) is 27.0. The number of fused-ring (bicyclic) bond motifs is 2. The van der Waals surface area contributed by atoms with Gasteiger partial charge in [-0.25, -0.2) is 29.9 Å². The zero-order valence-electron chi connectivity index (χ0n) is 31.0. The number of aliphatic hydroxyl groups excluding tert-OH is 6. The number of nitrogens with one attached hydrogen (secondary N) is 1. The first kappa shape index (κ1) is 47.3. The molecule has 308 valence electrons. The maximum Gasteiger partial charge on any atom is 0.167 e. The molecule has 2 unspecified atom stereocenters. The number of nitrogens with two attached hydrogens (primary N) is 1. The number of hydrogen-bond donors (Lipinski definition) is 8. The monoisotopic (exact) mass is 950 g/mol. The molecular weight excluding hydrogens is 903 g/mol. The van der Waals surface area contributed by atoms with Gasteiger partial charge in [-0.05, 0) is 22.9 Å². The fourth-order valence-electron chi connectivity index (χ4n) is 5.41. The van der Waals surface area contributed by atoms with Gasteiger partial charge in [-0.2, -0.15) is 0 Å². The van der Waals surface area contributed by atoms with Crippen molar-refractivity contribution in [1.82, 2.24) is 39.0 Å². The SMILES string of the molecule is CC.CC.I.NCc1cccs1.OC[C@H]1O[C@@H](n2cnc3c(Cl)ncnc32)[C@@H](O)C1O.OC[C@H]1O[C@@H](n2cnc3c(NCc4cccs4)ncnc32)[C@@H](O)C1O. The van der Waals surface area contributed by atoms with E-state index < -0.39 is 55.7 Å². The first-order chi connectivity index (χ1) is 26.7. The smallest absolute Gasteiger partial charge is 0.167 e. The Morgan fingerprint density at radius 1 is 0.714 bits per heavy atom. The van der Waals surface area contributed by atoms with E-state index in [1.807, 2.05) is 62.7 Å². The standard InChI is InChI=1S/C15H17N5O4S.C10H11ClN4O4.C5H7NS.2C2H6.HI/c21-5-9-11(22)12(23)15(24-9)20-7-19-10-13(17-6-18-14(10)20)16-4-8-2-1-3-25-8;11-8-5-9(13-2-12-8)15(3-14-5)10-7(18)6(17)4(1-16)19-10;6-4-5-2-1-3-7-5;2*1-2;/h1-3,6-7,9,11-12,15,21-23H,4-5H2,(H,16,17,18);2-4,6-7,10,16-18H,1H2;1-3H,4,6H2;2*1-2H3;1H/t9-,11?,12+,15-;4-,6?,7+,10-;;;;/m11..../s1. The molecule has 8 heterocycles. The molecule has 22 heteroatoms. The van der Waals surface area contributed by atoms with Gasteiger partial charge in [0, 0.05) is 16.3 Å². The number of thiophene rings is 2. The van der Waals surface area contributed by atoms with E-state index in [4.69, 9.17) is 31.9 Å². The van der Waals surface area contributed by atoms with E-state index in [2.05, 4.69) is 35.2 Å². The van der Waals surface area contributed by atoms with Gasteiger partial charge in [0.05, 0.1) is 32.4 Å².